The largest absolute Gasteiger partial charge is 0.402 e. The van der Waals surface area contributed by atoms with Crippen LogP contribution in [0, 0.1) is 6.92 Å². The molecule has 2 aromatic rings. The molecule has 0 bridgehead atoms. The summed E-state index contributed by atoms with van der Waals surface area (Å²) in [5, 5.41) is 9.43. The number of rotatable bonds is 11. The van der Waals surface area contributed by atoms with Crippen molar-refractivity contribution in [2.45, 2.75) is 50.0 Å². The lowest BCUT2D eigenvalue weighted by Gasteiger charge is -2.35. The average molecular weight is 542 g/mol. The SMILES string of the molecule is CCC[C@](C(=O)NN)(c1ccc(C)cc1[C@H](C/C=C/c1ccccc1)C(=O)NO)S(=O)(=O)CC(F)(F)F. The standard InChI is InChI=1S/C25H30F3N3O5S/c1-3-14-24(23(33)30-29,37(35,36)16-25(26,27)28)21-13-12-17(2)15-20(21)19(22(32)31-34)11-7-10-18-8-5-4-6-9-18/h4-10,12-13,15,19,34H,3,11,14,16,29H2,1-2H3,(H,30,33)(H,31,32)/b10-7+/t19-,24+/m0/s1. The second-order valence-electron chi connectivity index (χ2n) is 8.59. The summed E-state index contributed by atoms with van der Waals surface area (Å²) in [6, 6.07) is 13.1. The van der Waals surface area contributed by atoms with Gasteiger partial charge in [-0.15, -0.1) is 0 Å². The zero-order valence-electron chi connectivity index (χ0n) is 20.4. The summed E-state index contributed by atoms with van der Waals surface area (Å²) in [6.07, 6.45) is -2.43. The summed E-state index contributed by atoms with van der Waals surface area (Å²) in [5.74, 6) is -0.511. The number of nitrogens with one attached hydrogen (secondary N) is 2. The molecule has 37 heavy (non-hydrogen) atoms. The van der Waals surface area contributed by atoms with Crippen LogP contribution < -0.4 is 16.7 Å². The van der Waals surface area contributed by atoms with Gasteiger partial charge in [0.15, 0.2) is 14.6 Å². The lowest BCUT2D eigenvalue weighted by Crippen LogP contribution is -2.54. The van der Waals surface area contributed by atoms with E-state index in [1.54, 1.807) is 48.8 Å². The van der Waals surface area contributed by atoms with Gasteiger partial charge in [-0.05, 0) is 36.5 Å². The second-order valence-corrected chi connectivity index (χ2v) is 10.8. The fraction of sp³-hybridized carbons (Fsp3) is 0.360. The van der Waals surface area contributed by atoms with E-state index in [9.17, 15) is 36.4 Å². The number of hydrogen-bond acceptors (Lipinski definition) is 6. The second kappa shape index (κ2) is 12.3. The third-order valence-corrected chi connectivity index (χ3v) is 8.29. The number of carbonyl (C=O) groups is 2. The maximum atomic E-state index is 13.4. The van der Waals surface area contributed by atoms with Crippen molar-refractivity contribution in [1.29, 1.82) is 0 Å². The van der Waals surface area contributed by atoms with Crippen molar-refractivity contribution in [2.24, 2.45) is 5.84 Å². The minimum atomic E-state index is -5.26. The van der Waals surface area contributed by atoms with Crippen molar-refractivity contribution in [2.75, 3.05) is 5.75 Å². The molecule has 202 valence electrons. The molecule has 2 aromatic carbocycles. The first-order chi connectivity index (χ1) is 17.3. The number of benzene rings is 2. The summed E-state index contributed by atoms with van der Waals surface area (Å²) < 4.78 is 64.1. The Morgan fingerprint density at radius 1 is 1.14 bits per heavy atom. The van der Waals surface area contributed by atoms with Gasteiger partial charge in [0.05, 0.1) is 5.92 Å². The van der Waals surface area contributed by atoms with E-state index in [0.717, 1.165) is 5.56 Å². The first kappa shape index (κ1) is 30.0. The number of alkyl halides is 3. The number of hydroxylamine groups is 1. The number of allylic oxidation sites excluding steroid dienone is 1. The van der Waals surface area contributed by atoms with Gasteiger partial charge in [-0.2, -0.15) is 13.2 Å². The molecule has 2 amide bonds. The molecular formula is C25H30F3N3O5S. The molecule has 0 saturated carbocycles. The van der Waals surface area contributed by atoms with Crippen LogP contribution in [0.3, 0.4) is 0 Å². The van der Waals surface area contributed by atoms with E-state index in [1.807, 2.05) is 6.07 Å². The van der Waals surface area contributed by atoms with E-state index in [4.69, 9.17) is 5.84 Å². The molecule has 5 N–H and O–H groups in total. The van der Waals surface area contributed by atoms with E-state index >= 15 is 0 Å². The maximum Gasteiger partial charge on any atom is 0.402 e. The van der Waals surface area contributed by atoms with Crippen LogP contribution in [-0.4, -0.2) is 37.4 Å². The number of aryl methyl sites for hydroxylation is 1. The summed E-state index contributed by atoms with van der Waals surface area (Å²) in [4.78, 5) is 25.9. The summed E-state index contributed by atoms with van der Waals surface area (Å²) in [7, 11) is -5.26. The normalized spacial score (nSPS) is 14.7. The van der Waals surface area contributed by atoms with Crippen molar-refractivity contribution in [3.8, 4) is 0 Å². The van der Waals surface area contributed by atoms with Crippen LogP contribution in [0.25, 0.3) is 6.08 Å². The Balaban J connectivity index is 2.82. The number of hydrogen-bond donors (Lipinski definition) is 4. The molecule has 8 nitrogen and oxygen atoms in total. The Labute approximate surface area is 213 Å². The predicted octanol–water partition coefficient (Wildman–Crippen LogP) is 3.65. The summed E-state index contributed by atoms with van der Waals surface area (Å²) >= 11 is 0. The number of halogens is 3. The molecule has 2 rings (SSSR count). The average Bonchev–Trinajstić information content (AvgIpc) is 2.83. The minimum absolute atomic E-state index is 0.00258. The van der Waals surface area contributed by atoms with Crippen LogP contribution in [0.2, 0.25) is 0 Å². The number of nitrogens with two attached hydrogens (primary N) is 1. The van der Waals surface area contributed by atoms with Crippen LogP contribution in [0.1, 0.15) is 54.4 Å². The van der Waals surface area contributed by atoms with Crippen LogP contribution in [0.15, 0.2) is 54.6 Å². The molecule has 0 aliphatic carbocycles. The van der Waals surface area contributed by atoms with Gasteiger partial charge in [0, 0.05) is 0 Å². The predicted molar refractivity (Wildman–Crippen MR) is 133 cm³/mol. The van der Waals surface area contributed by atoms with Crippen molar-refractivity contribution in [3.63, 3.8) is 0 Å². The molecule has 2 atom stereocenters. The van der Waals surface area contributed by atoms with Gasteiger partial charge in [0.1, 0.15) is 5.75 Å². The minimum Gasteiger partial charge on any atom is -0.293 e. The first-order valence-corrected chi connectivity index (χ1v) is 13.0. The molecule has 0 unspecified atom stereocenters. The third-order valence-electron chi connectivity index (χ3n) is 5.91. The molecule has 0 radical (unpaired) electrons. The highest BCUT2D eigenvalue weighted by Crippen LogP contribution is 2.43. The Morgan fingerprint density at radius 3 is 2.32 bits per heavy atom. The Kier molecular flexibility index (Phi) is 10.0. The molecule has 0 spiro atoms. The Morgan fingerprint density at radius 2 is 1.78 bits per heavy atom. The highest BCUT2D eigenvalue weighted by atomic mass is 32.2. The van der Waals surface area contributed by atoms with E-state index in [-0.39, 0.29) is 24.0 Å². The zero-order chi connectivity index (χ0) is 27.9. The van der Waals surface area contributed by atoms with E-state index in [2.05, 4.69) is 0 Å². The van der Waals surface area contributed by atoms with Gasteiger partial charge < -0.3 is 0 Å². The molecule has 0 heterocycles. The first-order valence-electron chi connectivity index (χ1n) is 11.4. The number of amides is 2. The fourth-order valence-corrected chi connectivity index (χ4v) is 6.39. The van der Waals surface area contributed by atoms with E-state index in [0.29, 0.717) is 5.56 Å². The molecule has 12 heteroatoms. The van der Waals surface area contributed by atoms with Gasteiger partial charge in [-0.25, -0.2) is 19.7 Å². The molecule has 0 aromatic heterocycles. The third kappa shape index (κ3) is 6.96. The van der Waals surface area contributed by atoms with E-state index in [1.165, 1.54) is 30.6 Å². The van der Waals surface area contributed by atoms with Crippen LogP contribution in [0.5, 0.6) is 0 Å². The van der Waals surface area contributed by atoms with Crippen LogP contribution in [-0.2, 0) is 24.2 Å². The van der Waals surface area contributed by atoms with Crippen LogP contribution >= 0.6 is 0 Å². The zero-order valence-corrected chi connectivity index (χ0v) is 21.2. The molecule has 0 aliphatic heterocycles. The molecule has 0 saturated heterocycles. The van der Waals surface area contributed by atoms with Gasteiger partial charge >= 0.3 is 6.18 Å². The van der Waals surface area contributed by atoms with Gasteiger partial charge in [0.2, 0.25) is 0 Å². The maximum absolute atomic E-state index is 13.4. The van der Waals surface area contributed by atoms with Crippen molar-refractivity contribution in [3.05, 3.63) is 76.9 Å². The quantitative estimate of drug-likeness (QED) is 0.148. The number of hydrazine groups is 1. The van der Waals surface area contributed by atoms with Crippen molar-refractivity contribution in [1.82, 2.24) is 10.9 Å². The van der Waals surface area contributed by atoms with Gasteiger partial charge in [-0.1, -0.05) is 79.6 Å². The molecular weight excluding hydrogens is 511 g/mol. The fourth-order valence-electron chi connectivity index (χ4n) is 4.34. The Hall–Kier alpha value is -3.22. The highest BCUT2D eigenvalue weighted by molar-refractivity contribution is 7.93. The lowest BCUT2D eigenvalue weighted by atomic mass is 9.81. The Bertz CT molecular complexity index is 1230. The van der Waals surface area contributed by atoms with Gasteiger partial charge in [0.25, 0.3) is 11.8 Å². The number of carbonyl (C=O) groups excluding carboxylic acids is 2. The van der Waals surface area contributed by atoms with E-state index < -0.39 is 50.7 Å². The summed E-state index contributed by atoms with van der Waals surface area (Å²) in [6.45, 7) is 3.14. The topological polar surface area (TPSA) is 139 Å². The monoisotopic (exact) mass is 541 g/mol. The van der Waals surface area contributed by atoms with Crippen molar-refractivity contribution >= 4 is 27.7 Å². The lowest BCUT2D eigenvalue weighted by molar-refractivity contribution is -0.131. The number of sulfone groups is 1. The smallest absolute Gasteiger partial charge is 0.293 e. The van der Waals surface area contributed by atoms with Gasteiger partial charge in [-0.3, -0.25) is 20.2 Å². The van der Waals surface area contributed by atoms with Crippen molar-refractivity contribution < 1.29 is 36.4 Å². The van der Waals surface area contributed by atoms with Crippen LogP contribution in [0.4, 0.5) is 13.2 Å². The molecule has 0 fully saturated rings. The summed E-state index contributed by atoms with van der Waals surface area (Å²) in [5.41, 5.74) is 4.27. The molecule has 0 aliphatic rings. The highest BCUT2D eigenvalue weighted by Gasteiger charge is 2.56.